The first-order valence-electron chi connectivity index (χ1n) is 6.48. The molecule has 2 aliphatic carbocycles. The number of ketones is 1. The Bertz CT molecular complexity index is 277. The van der Waals surface area contributed by atoms with E-state index in [1.165, 1.54) is 31.3 Å². The molecule has 0 radical (unpaired) electrons. The molecule has 1 unspecified atom stereocenters. The van der Waals surface area contributed by atoms with Crippen molar-refractivity contribution >= 4 is 5.78 Å². The van der Waals surface area contributed by atoms with E-state index in [2.05, 4.69) is 19.9 Å². The highest BCUT2D eigenvalue weighted by molar-refractivity contribution is 5.99. The molecule has 0 bridgehead atoms. The first-order valence-corrected chi connectivity index (χ1v) is 6.48. The Morgan fingerprint density at radius 2 is 2.27 bits per heavy atom. The molecular weight excluding hydrogens is 184 g/mol. The van der Waals surface area contributed by atoms with Crippen LogP contribution in [0.4, 0.5) is 0 Å². The van der Waals surface area contributed by atoms with Gasteiger partial charge in [-0.3, -0.25) is 4.79 Å². The van der Waals surface area contributed by atoms with Gasteiger partial charge in [-0.15, -0.1) is 0 Å². The average molecular weight is 206 g/mol. The number of Topliss-reactive ketones (excluding diaryl/α,β-unsaturated/α-hetero) is 1. The molecule has 0 heterocycles. The van der Waals surface area contributed by atoms with E-state index >= 15 is 0 Å². The van der Waals surface area contributed by atoms with Gasteiger partial charge in [-0.1, -0.05) is 32.8 Å². The minimum Gasteiger partial charge on any atom is -0.294 e. The monoisotopic (exact) mass is 206 g/mol. The maximum Gasteiger partial charge on any atom is 0.162 e. The van der Waals surface area contributed by atoms with Crippen LogP contribution in [0.25, 0.3) is 0 Å². The molecule has 1 heteroatoms. The van der Waals surface area contributed by atoms with Gasteiger partial charge in [-0.2, -0.15) is 0 Å². The maximum atomic E-state index is 12.3. The summed E-state index contributed by atoms with van der Waals surface area (Å²) in [5, 5.41) is 0. The molecule has 0 aromatic heterocycles. The van der Waals surface area contributed by atoms with Crippen molar-refractivity contribution in [1.82, 2.24) is 0 Å². The minimum absolute atomic E-state index is 0.338. The van der Waals surface area contributed by atoms with E-state index in [-0.39, 0.29) is 0 Å². The van der Waals surface area contributed by atoms with Crippen molar-refractivity contribution in [1.29, 1.82) is 0 Å². The van der Waals surface area contributed by atoms with E-state index < -0.39 is 0 Å². The van der Waals surface area contributed by atoms with Gasteiger partial charge in [0.1, 0.15) is 0 Å². The molecule has 1 fully saturated rings. The molecule has 15 heavy (non-hydrogen) atoms. The molecule has 0 amide bonds. The standard InChI is InChI=1S/C14H22O/c1-3-4-7-12-10(2)9-11-6-5-8-13(11)14(12)15/h8,10-12H,3-7,9H2,1-2H3/t10-,11?,12+/m1/s1. The molecule has 0 saturated heterocycles. The van der Waals surface area contributed by atoms with Crippen LogP contribution < -0.4 is 0 Å². The summed E-state index contributed by atoms with van der Waals surface area (Å²) in [5.41, 5.74) is 1.19. The number of carbonyl (C=O) groups is 1. The van der Waals surface area contributed by atoms with Gasteiger partial charge in [0.2, 0.25) is 0 Å². The van der Waals surface area contributed by atoms with Crippen molar-refractivity contribution in [3.05, 3.63) is 11.6 Å². The molecule has 2 rings (SSSR count). The summed E-state index contributed by atoms with van der Waals surface area (Å²) in [6.45, 7) is 4.48. The lowest BCUT2D eigenvalue weighted by Crippen LogP contribution is -2.32. The third kappa shape index (κ3) is 2.02. The van der Waals surface area contributed by atoms with Crippen LogP contribution in [0.1, 0.15) is 52.4 Å². The molecule has 0 spiro atoms. The van der Waals surface area contributed by atoms with Crippen molar-refractivity contribution < 1.29 is 4.79 Å². The summed E-state index contributed by atoms with van der Waals surface area (Å²) in [4.78, 5) is 12.3. The van der Waals surface area contributed by atoms with Gasteiger partial charge < -0.3 is 0 Å². The lowest BCUT2D eigenvalue weighted by molar-refractivity contribution is -0.123. The Balaban J connectivity index is 2.07. The number of carbonyl (C=O) groups excluding carboxylic acids is 1. The number of rotatable bonds is 3. The Labute approximate surface area is 92.9 Å². The van der Waals surface area contributed by atoms with Gasteiger partial charge in [0.15, 0.2) is 5.78 Å². The topological polar surface area (TPSA) is 17.1 Å². The zero-order chi connectivity index (χ0) is 10.8. The highest BCUT2D eigenvalue weighted by atomic mass is 16.1. The largest absolute Gasteiger partial charge is 0.294 e. The molecule has 3 atom stereocenters. The van der Waals surface area contributed by atoms with Crippen molar-refractivity contribution in [2.45, 2.75) is 52.4 Å². The average Bonchev–Trinajstić information content (AvgIpc) is 2.65. The van der Waals surface area contributed by atoms with E-state index in [1.807, 2.05) is 0 Å². The number of fused-ring (bicyclic) bond motifs is 1. The molecule has 0 aromatic rings. The zero-order valence-electron chi connectivity index (χ0n) is 9.96. The van der Waals surface area contributed by atoms with E-state index in [0.717, 1.165) is 12.8 Å². The highest BCUT2D eigenvalue weighted by Gasteiger charge is 2.38. The van der Waals surface area contributed by atoms with E-state index in [0.29, 0.717) is 23.5 Å². The van der Waals surface area contributed by atoms with E-state index in [4.69, 9.17) is 0 Å². The van der Waals surface area contributed by atoms with Gasteiger partial charge in [-0.05, 0) is 43.1 Å². The van der Waals surface area contributed by atoms with Crippen molar-refractivity contribution in [2.75, 3.05) is 0 Å². The van der Waals surface area contributed by atoms with Crippen LogP contribution in [0.15, 0.2) is 11.6 Å². The van der Waals surface area contributed by atoms with E-state index in [9.17, 15) is 4.79 Å². The second kappa shape index (κ2) is 4.51. The van der Waals surface area contributed by atoms with Gasteiger partial charge in [0.25, 0.3) is 0 Å². The Hall–Kier alpha value is -0.590. The molecule has 1 nitrogen and oxygen atoms in total. The van der Waals surface area contributed by atoms with Crippen LogP contribution in [-0.2, 0) is 4.79 Å². The van der Waals surface area contributed by atoms with Crippen LogP contribution in [0.3, 0.4) is 0 Å². The Morgan fingerprint density at radius 1 is 1.47 bits per heavy atom. The smallest absolute Gasteiger partial charge is 0.162 e. The zero-order valence-corrected chi connectivity index (χ0v) is 9.96. The van der Waals surface area contributed by atoms with Crippen LogP contribution >= 0.6 is 0 Å². The van der Waals surface area contributed by atoms with E-state index in [1.54, 1.807) is 0 Å². The first kappa shape index (κ1) is 10.9. The van der Waals surface area contributed by atoms with Crippen LogP contribution in [0.5, 0.6) is 0 Å². The Morgan fingerprint density at radius 3 is 3.00 bits per heavy atom. The maximum absolute atomic E-state index is 12.3. The second-order valence-electron chi connectivity index (χ2n) is 5.26. The van der Waals surface area contributed by atoms with Gasteiger partial charge in [-0.25, -0.2) is 0 Å². The lowest BCUT2D eigenvalue weighted by Gasteiger charge is -2.33. The SMILES string of the molecule is CCCC[C@@H]1C(=O)C2=CCCC2C[C@H]1C. The summed E-state index contributed by atoms with van der Waals surface area (Å²) in [5.74, 6) is 2.06. The highest BCUT2D eigenvalue weighted by Crippen LogP contribution is 2.42. The van der Waals surface area contributed by atoms with Gasteiger partial charge in [0, 0.05) is 5.92 Å². The molecule has 0 aromatic carbocycles. The molecule has 0 N–H and O–H groups in total. The van der Waals surface area contributed by atoms with Crippen LogP contribution in [0, 0.1) is 17.8 Å². The quantitative estimate of drug-likeness (QED) is 0.687. The van der Waals surface area contributed by atoms with Gasteiger partial charge >= 0.3 is 0 Å². The van der Waals surface area contributed by atoms with Crippen molar-refractivity contribution in [2.24, 2.45) is 17.8 Å². The molecule has 2 aliphatic rings. The first-order chi connectivity index (χ1) is 7.24. The number of unbranched alkanes of at least 4 members (excludes halogenated alkanes) is 1. The minimum atomic E-state index is 0.338. The third-order valence-corrected chi connectivity index (χ3v) is 4.15. The number of hydrogen-bond donors (Lipinski definition) is 0. The molecule has 0 aliphatic heterocycles. The normalized spacial score (nSPS) is 35.2. The number of allylic oxidation sites excluding steroid dienone is 2. The summed E-state index contributed by atoms with van der Waals surface area (Å²) in [6, 6.07) is 0. The fraction of sp³-hybridized carbons (Fsp3) is 0.786. The molecule has 84 valence electrons. The molecular formula is C14H22O. The summed E-state index contributed by atoms with van der Waals surface area (Å²) >= 11 is 0. The molecule has 1 saturated carbocycles. The van der Waals surface area contributed by atoms with Crippen LogP contribution in [-0.4, -0.2) is 5.78 Å². The summed E-state index contributed by atoms with van der Waals surface area (Å²) in [6.07, 6.45) is 9.35. The Kier molecular flexibility index (Phi) is 3.28. The van der Waals surface area contributed by atoms with Crippen molar-refractivity contribution in [3.8, 4) is 0 Å². The second-order valence-corrected chi connectivity index (χ2v) is 5.26. The predicted molar refractivity (Wildman–Crippen MR) is 62.6 cm³/mol. The predicted octanol–water partition coefficient (Wildman–Crippen LogP) is 3.74. The lowest BCUT2D eigenvalue weighted by atomic mass is 9.70. The summed E-state index contributed by atoms with van der Waals surface area (Å²) in [7, 11) is 0. The number of hydrogen-bond acceptors (Lipinski definition) is 1. The fourth-order valence-corrected chi connectivity index (χ4v) is 3.23. The van der Waals surface area contributed by atoms with Crippen molar-refractivity contribution in [3.63, 3.8) is 0 Å². The third-order valence-electron chi connectivity index (χ3n) is 4.15. The fourth-order valence-electron chi connectivity index (χ4n) is 3.23. The van der Waals surface area contributed by atoms with Crippen LogP contribution in [0.2, 0.25) is 0 Å². The van der Waals surface area contributed by atoms with Gasteiger partial charge in [0.05, 0.1) is 0 Å². The summed E-state index contributed by atoms with van der Waals surface area (Å²) < 4.78 is 0.